The molecule has 0 aliphatic carbocycles. The zero-order valence-electron chi connectivity index (χ0n) is 8.92. The van der Waals surface area contributed by atoms with Gasteiger partial charge in [0, 0.05) is 23.9 Å². The highest BCUT2D eigenvalue weighted by molar-refractivity contribution is 5.95. The zero-order valence-corrected chi connectivity index (χ0v) is 8.92. The largest absolute Gasteiger partial charge is 0.294 e. The molecule has 14 heavy (non-hydrogen) atoms. The van der Waals surface area contributed by atoms with E-state index in [2.05, 4.69) is 11.9 Å². The predicted octanol–water partition coefficient (Wildman–Crippen LogP) is 3.02. The van der Waals surface area contributed by atoms with Crippen LogP contribution >= 0.6 is 0 Å². The van der Waals surface area contributed by atoms with Crippen molar-refractivity contribution < 1.29 is 4.79 Å². The van der Waals surface area contributed by atoms with Gasteiger partial charge in [-0.2, -0.15) is 0 Å². The average molecular weight is 191 g/mol. The fourth-order valence-electron chi connectivity index (χ4n) is 1.36. The number of ketones is 1. The van der Waals surface area contributed by atoms with Gasteiger partial charge in [0.25, 0.3) is 0 Å². The van der Waals surface area contributed by atoms with Crippen molar-refractivity contribution >= 4 is 5.78 Å². The molecule has 1 rings (SSSR count). The van der Waals surface area contributed by atoms with Gasteiger partial charge in [-0.15, -0.1) is 0 Å². The molecule has 0 spiro atoms. The normalized spacial score (nSPS) is 10.1. The number of nitrogens with zero attached hydrogens (tertiary/aromatic N) is 1. The minimum Gasteiger partial charge on any atom is -0.294 e. The predicted molar refractivity (Wildman–Crippen MR) is 57.5 cm³/mol. The van der Waals surface area contributed by atoms with Crippen LogP contribution in [0.5, 0.6) is 0 Å². The molecule has 0 saturated heterocycles. The minimum atomic E-state index is 0.197. The monoisotopic (exact) mass is 191 g/mol. The highest BCUT2D eigenvalue weighted by Crippen LogP contribution is 2.06. The second kappa shape index (κ2) is 5.53. The Morgan fingerprint density at radius 2 is 2.07 bits per heavy atom. The number of aryl methyl sites for hydroxylation is 1. The molecule has 76 valence electrons. The lowest BCUT2D eigenvalue weighted by atomic mass is 10.1. The molecule has 0 radical (unpaired) electrons. The maximum absolute atomic E-state index is 11.5. The third-order valence-electron chi connectivity index (χ3n) is 2.13. The lowest BCUT2D eigenvalue weighted by Gasteiger charge is -2.00. The van der Waals surface area contributed by atoms with Crippen molar-refractivity contribution in [3.63, 3.8) is 0 Å². The van der Waals surface area contributed by atoms with Crippen molar-refractivity contribution in [1.29, 1.82) is 0 Å². The van der Waals surface area contributed by atoms with Crippen LogP contribution in [0.25, 0.3) is 0 Å². The van der Waals surface area contributed by atoms with Gasteiger partial charge in [0.15, 0.2) is 5.78 Å². The Balaban J connectivity index is 2.67. The van der Waals surface area contributed by atoms with Crippen LogP contribution in [0, 0.1) is 0 Å². The van der Waals surface area contributed by atoms with E-state index in [0.717, 1.165) is 30.5 Å². The SMILES string of the molecule is CCCC(=O)c1ccc(CCC)nc1. The molecule has 1 heterocycles. The maximum atomic E-state index is 11.5. The summed E-state index contributed by atoms with van der Waals surface area (Å²) in [5.41, 5.74) is 1.81. The highest BCUT2D eigenvalue weighted by Gasteiger charge is 2.04. The van der Waals surface area contributed by atoms with E-state index in [9.17, 15) is 4.79 Å². The van der Waals surface area contributed by atoms with Gasteiger partial charge in [-0.05, 0) is 25.0 Å². The van der Waals surface area contributed by atoms with Crippen molar-refractivity contribution in [1.82, 2.24) is 4.98 Å². The van der Waals surface area contributed by atoms with Crippen LogP contribution in [0.15, 0.2) is 18.3 Å². The standard InChI is InChI=1S/C12H17NO/c1-3-5-11-8-7-10(9-13-11)12(14)6-4-2/h7-9H,3-6H2,1-2H3. The van der Waals surface area contributed by atoms with E-state index in [-0.39, 0.29) is 5.78 Å². The van der Waals surface area contributed by atoms with Gasteiger partial charge in [0.05, 0.1) is 0 Å². The summed E-state index contributed by atoms with van der Waals surface area (Å²) < 4.78 is 0. The van der Waals surface area contributed by atoms with E-state index in [1.54, 1.807) is 6.20 Å². The Hall–Kier alpha value is -1.18. The second-order valence-electron chi connectivity index (χ2n) is 3.46. The molecular formula is C12H17NO. The lowest BCUT2D eigenvalue weighted by Crippen LogP contribution is -2.00. The summed E-state index contributed by atoms with van der Waals surface area (Å²) in [5, 5.41) is 0. The molecule has 0 atom stereocenters. The molecule has 2 nitrogen and oxygen atoms in total. The number of aromatic nitrogens is 1. The van der Waals surface area contributed by atoms with Gasteiger partial charge in [-0.1, -0.05) is 20.3 Å². The third-order valence-corrected chi connectivity index (χ3v) is 2.13. The zero-order chi connectivity index (χ0) is 10.4. The molecular weight excluding hydrogens is 174 g/mol. The molecule has 0 aliphatic heterocycles. The van der Waals surface area contributed by atoms with Crippen LogP contribution in [-0.4, -0.2) is 10.8 Å². The van der Waals surface area contributed by atoms with Crippen LogP contribution in [0.3, 0.4) is 0 Å². The molecule has 0 saturated carbocycles. The molecule has 1 aromatic heterocycles. The van der Waals surface area contributed by atoms with Crippen LogP contribution in [-0.2, 0) is 6.42 Å². The Bertz CT molecular complexity index is 290. The first kappa shape index (κ1) is 10.9. The fraction of sp³-hybridized carbons (Fsp3) is 0.500. The Morgan fingerprint density at radius 1 is 1.29 bits per heavy atom. The summed E-state index contributed by atoms with van der Waals surface area (Å²) in [4.78, 5) is 15.7. The van der Waals surface area contributed by atoms with Crippen molar-refractivity contribution in [2.75, 3.05) is 0 Å². The van der Waals surface area contributed by atoms with Crippen LogP contribution in [0.1, 0.15) is 49.2 Å². The highest BCUT2D eigenvalue weighted by atomic mass is 16.1. The van der Waals surface area contributed by atoms with E-state index < -0.39 is 0 Å². The van der Waals surface area contributed by atoms with E-state index in [1.165, 1.54) is 0 Å². The van der Waals surface area contributed by atoms with Crippen LogP contribution in [0.4, 0.5) is 0 Å². The maximum Gasteiger partial charge on any atom is 0.164 e. The third kappa shape index (κ3) is 2.95. The number of Topliss-reactive ketones (excluding diaryl/α,β-unsaturated/α-hetero) is 1. The molecule has 1 aromatic rings. The van der Waals surface area contributed by atoms with E-state index in [1.807, 2.05) is 19.1 Å². The van der Waals surface area contributed by atoms with Gasteiger partial charge >= 0.3 is 0 Å². The molecule has 0 aliphatic rings. The van der Waals surface area contributed by atoms with Crippen molar-refractivity contribution in [3.05, 3.63) is 29.6 Å². The molecule has 0 amide bonds. The summed E-state index contributed by atoms with van der Waals surface area (Å²) in [5.74, 6) is 0.197. The number of hydrogen-bond donors (Lipinski definition) is 0. The summed E-state index contributed by atoms with van der Waals surface area (Å²) in [7, 11) is 0. The van der Waals surface area contributed by atoms with Gasteiger partial charge < -0.3 is 0 Å². The van der Waals surface area contributed by atoms with E-state index >= 15 is 0 Å². The first-order valence-corrected chi connectivity index (χ1v) is 5.26. The van der Waals surface area contributed by atoms with Gasteiger partial charge in [0.2, 0.25) is 0 Å². The Morgan fingerprint density at radius 3 is 2.57 bits per heavy atom. The number of carbonyl (C=O) groups is 1. The topological polar surface area (TPSA) is 30.0 Å². The number of hydrogen-bond acceptors (Lipinski definition) is 2. The molecule has 0 N–H and O–H groups in total. The summed E-state index contributed by atoms with van der Waals surface area (Å²) >= 11 is 0. The first-order valence-electron chi connectivity index (χ1n) is 5.26. The molecule has 0 aromatic carbocycles. The lowest BCUT2D eigenvalue weighted by molar-refractivity contribution is 0.0981. The summed E-state index contributed by atoms with van der Waals surface area (Å²) in [6.45, 7) is 4.13. The average Bonchev–Trinajstić information content (AvgIpc) is 2.20. The Kier molecular flexibility index (Phi) is 4.30. The molecule has 0 fully saturated rings. The fourth-order valence-corrected chi connectivity index (χ4v) is 1.36. The summed E-state index contributed by atoms with van der Waals surface area (Å²) in [6.07, 6.45) is 5.30. The van der Waals surface area contributed by atoms with Crippen molar-refractivity contribution in [3.8, 4) is 0 Å². The smallest absolute Gasteiger partial charge is 0.164 e. The Labute approximate surface area is 85.4 Å². The molecule has 2 heteroatoms. The minimum absolute atomic E-state index is 0.197. The van der Waals surface area contributed by atoms with Gasteiger partial charge in [-0.3, -0.25) is 9.78 Å². The van der Waals surface area contributed by atoms with Crippen molar-refractivity contribution in [2.24, 2.45) is 0 Å². The van der Waals surface area contributed by atoms with E-state index in [0.29, 0.717) is 6.42 Å². The number of pyridine rings is 1. The molecule has 0 bridgehead atoms. The number of rotatable bonds is 5. The van der Waals surface area contributed by atoms with Gasteiger partial charge in [-0.25, -0.2) is 0 Å². The first-order chi connectivity index (χ1) is 6.77. The van der Waals surface area contributed by atoms with Gasteiger partial charge in [0.1, 0.15) is 0 Å². The van der Waals surface area contributed by atoms with E-state index in [4.69, 9.17) is 0 Å². The second-order valence-corrected chi connectivity index (χ2v) is 3.46. The number of carbonyl (C=O) groups excluding carboxylic acids is 1. The van der Waals surface area contributed by atoms with Crippen molar-refractivity contribution in [2.45, 2.75) is 39.5 Å². The summed E-state index contributed by atoms with van der Waals surface area (Å²) in [6, 6.07) is 3.84. The van der Waals surface area contributed by atoms with Crippen LogP contribution < -0.4 is 0 Å². The quantitative estimate of drug-likeness (QED) is 0.670. The molecule has 0 unspecified atom stereocenters. The van der Waals surface area contributed by atoms with Crippen LogP contribution in [0.2, 0.25) is 0 Å².